The molecule has 0 aliphatic carbocycles. The molecule has 0 amide bonds. The van der Waals surface area contributed by atoms with E-state index in [0.29, 0.717) is 16.9 Å². The molecule has 0 saturated heterocycles. The highest BCUT2D eigenvalue weighted by Gasteiger charge is 1.95. The first-order valence-corrected chi connectivity index (χ1v) is 3.00. The van der Waals surface area contributed by atoms with E-state index in [2.05, 4.69) is 19.2 Å². The number of hydrogen-bond donors (Lipinski definition) is 2. The van der Waals surface area contributed by atoms with Crippen LogP contribution in [-0.4, -0.2) is 5.75 Å². The lowest BCUT2D eigenvalue weighted by atomic mass is 10.2. The van der Waals surface area contributed by atoms with Gasteiger partial charge >= 0.3 is 0 Å². The molecule has 0 atom stereocenters. The lowest BCUT2D eigenvalue weighted by molar-refractivity contribution is 1.39. The predicted molar refractivity (Wildman–Crippen MR) is 40.9 cm³/mol. The van der Waals surface area contributed by atoms with Crippen molar-refractivity contribution in [1.82, 2.24) is 0 Å². The van der Waals surface area contributed by atoms with E-state index in [1.807, 2.05) is 6.07 Å². The van der Waals surface area contributed by atoms with Gasteiger partial charge in [0.05, 0.1) is 5.57 Å². The van der Waals surface area contributed by atoms with Crippen LogP contribution in [0.4, 0.5) is 0 Å². The van der Waals surface area contributed by atoms with Gasteiger partial charge in [0.25, 0.3) is 0 Å². The molecule has 0 radical (unpaired) electrons. The van der Waals surface area contributed by atoms with Crippen LogP contribution in [0.5, 0.6) is 0 Å². The van der Waals surface area contributed by atoms with Gasteiger partial charge in [0, 0.05) is 12.0 Å². The Labute approximate surface area is 60.1 Å². The quantitative estimate of drug-likeness (QED) is 0.339. The molecular formula is C6H8N2S. The molecule has 48 valence electrons. The molecule has 2 nitrogen and oxygen atoms in total. The van der Waals surface area contributed by atoms with E-state index in [1.165, 1.54) is 6.20 Å². The third-order valence-electron chi connectivity index (χ3n) is 0.859. The standard InChI is InChI=1S/C6H8N2S/c1-5(4-9)6(2-7)3-8/h2,9H,1,4,7H2/b6-2-. The van der Waals surface area contributed by atoms with Crippen LogP contribution in [-0.2, 0) is 0 Å². The van der Waals surface area contributed by atoms with Crippen LogP contribution in [0.3, 0.4) is 0 Å². The van der Waals surface area contributed by atoms with Gasteiger partial charge < -0.3 is 5.73 Å². The summed E-state index contributed by atoms with van der Waals surface area (Å²) in [5.74, 6) is 0.469. The van der Waals surface area contributed by atoms with Crippen molar-refractivity contribution >= 4 is 12.6 Å². The molecule has 0 spiro atoms. The first-order valence-electron chi connectivity index (χ1n) is 2.37. The van der Waals surface area contributed by atoms with Gasteiger partial charge in [-0.05, 0) is 5.57 Å². The minimum absolute atomic E-state index is 0.407. The number of nitriles is 1. The Bertz CT molecular complexity index is 176. The number of nitrogens with two attached hydrogens (primary N) is 1. The Kier molecular flexibility index (Phi) is 3.65. The van der Waals surface area contributed by atoms with E-state index in [4.69, 9.17) is 11.0 Å². The minimum Gasteiger partial charge on any atom is -0.404 e. The molecular weight excluding hydrogens is 132 g/mol. The lowest BCUT2D eigenvalue weighted by Gasteiger charge is -1.94. The van der Waals surface area contributed by atoms with Gasteiger partial charge in [-0.1, -0.05) is 6.58 Å². The van der Waals surface area contributed by atoms with Crippen molar-refractivity contribution in [2.75, 3.05) is 5.75 Å². The Morgan fingerprint density at radius 2 is 2.44 bits per heavy atom. The van der Waals surface area contributed by atoms with Gasteiger partial charge in [0.2, 0.25) is 0 Å². The molecule has 0 aromatic heterocycles. The summed E-state index contributed by atoms with van der Waals surface area (Å²) in [6.07, 6.45) is 1.23. The fraction of sp³-hybridized carbons (Fsp3) is 0.167. The van der Waals surface area contributed by atoms with E-state index < -0.39 is 0 Å². The first kappa shape index (κ1) is 8.12. The molecule has 2 N–H and O–H groups in total. The normalized spacial score (nSPS) is 10.4. The van der Waals surface area contributed by atoms with Crippen molar-refractivity contribution in [3.8, 4) is 6.07 Å². The summed E-state index contributed by atoms with van der Waals surface area (Å²) in [6.45, 7) is 3.57. The highest BCUT2D eigenvalue weighted by atomic mass is 32.1. The van der Waals surface area contributed by atoms with Crippen molar-refractivity contribution in [1.29, 1.82) is 5.26 Å². The Morgan fingerprint density at radius 1 is 1.89 bits per heavy atom. The van der Waals surface area contributed by atoms with E-state index >= 15 is 0 Å². The van der Waals surface area contributed by atoms with Crippen molar-refractivity contribution in [3.05, 3.63) is 23.9 Å². The average molecular weight is 140 g/mol. The molecule has 0 aliphatic rings. The van der Waals surface area contributed by atoms with Crippen molar-refractivity contribution < 1.29 is 0 Å². The van der Waals surface area contributed by atoms with Gasteiger partial charge in [0.15, 0.2) is 0 Å². The fourth-order valence-corrected chi connectivity index (χ4v) is 0.490. The van der Waals surface area contributed by atoms with Crippen LogP contribution >= 0.6 is 12.6 Å². The fourth-order valence-electron chi connectivity index (χ4n) is 0.319. The third kappa shape index (κ3) is 2.24. The smallest absolute Gasteiger partial charge is 0.101 e. The Balaban J connectivity index is 4.19. The zero-order chi connectivity index (χ0) is 7.28. The molecule has 0 aromatic carbocycles. The van der Waals surface area contributed by atoms with Gasteiger partial charge in [-0.25, -0.2) is 0 Å². The number of rotatable bonds is 2. The summed E-state index contributed by atoms with van der Waals surface area (Å²) in [5.41, 5.74) is 6.14. The van der Waals surface area contributed by atoms with E-state index in [1.54, 1.807) is 0 Å². The molecule has 0 aromatic rings. The van der Waals surface area contributed by atoms with Crippen LogP contribution < -0.4 is 5.73 Å². The second-order valence-electron chi connectivity index (χ2n) is 1.45. The molecule has 0 bridgehead atoms. The van der Waals surface area contributed by atoms with Crippen molar-refractivity contribution in [3.63, 3.8) is 0 Å². The maximum absolute atomic E-state index is 8.33. The van der Waals surface area contributed by atoms with E-state index in [9.17, 15) is 0 Å². The number of nitrogens with zero attached hydrogens (tertiary/aromatic N) is 1. The van der Waals surface area contributed by atoms with Crippen LogP contribution in [0.2, 0.25) is 0 Å². The zero-order valence-corrected chi connectivity index (χ0v) is 5.86. The molecule has 0 saturated carbocycles. The van der Waals surface area contributed by atoms with Gasteiger partial charge in [-0.15, -0.1) is 0 Å². The van der Waals surface area contributed by atoms with Crippen molar-refractivity contribution in [2.45, 2.75) is 0 Å². The summed E-state index contributed by atoms with van der Waals surface area (Å²) < 4.78 is 0. The second-order valence-corrected chi connectivity index (χ2v) is 1.77. The lowest BCUT2D eigenvalue weighted by Crippen LogP contribution is -1.90. The average Bonchev–Trinajstić information content (AvgIpc) is 1.90. The molecule has 0 rings (SSSR count). The van der Waals surface area contributed by atoms with Crippen LogP contribution in [0.15, 0.2) is 23.9 Å². The largest absolute Gasteiger partial charge is 0.404 e. The molecule has 9 heavy (non-hydrogen) atoms. The first-order chi connectivity index (χ1) is 4.26. The number of allylic oxidation sites excluding steroid dienone is 1. The molecule has 0 heterocycles. The predicted octanol–water partition coefficient (Wildman–Crippen LogP) is 0.839. The minimum atomic E-state index is 0.407. The Morgan fingerprint density at radius 3 is 2.56 bits per heavy atom. The van der Waals surface area contributed by atoms with Crippen LogP contribution in [0, 0.1) is 11.3 Å². The second kappa shape index (κ2) is 4.04. The van der Waals surface area contributed by atoms with E-state index in [0.717, 1.165) is 0 Å². The monoisotopic (exact) mass is 140 g/mol. The zero-order valence-electron chi connectivity index (χ0n) is 4.96. The SMILES string of the molecule is C=C(CS)/C(C#N)=C\N. The molecule has 0 aliphatic heterocycles. The maximum Gasteiger partial charge on any atom is 0.101 e. The topological polar surface area (TPSA) is 49.8 Å². The summed E-state index contributed by atoms with van der Waals surface area (Å²) in [5, 5.41) is 8.33. The third-order valence-corrected chi connectivity index (χ3v) is 1.24. The molecule has 0 fully saturated rings. The van der Waals surface area contributed by atoms with Crippen LogP contribution in [0.25, 0.3) is 0 Å². The highest BCUT2D eigenvalue weighted by Crippen LogP contribution is 2.05. The van der Waals surface area contributed by atoms with Gasteiger partial charge in [-0.3, -0.25) is 0 Å². The Hall–Kier alpha value is -0.880. The summed E-state index contributed by atoms with van der Waals surface area (Å²) in [7, 11) is 0. The summed E-state index contributed by atoms with van der Waals surface area (Å²) in [6, 6.07) is 1.89. The maximum atomic E-state index is 8.33. The number of thiol groups is 1. The highest BCUT2D eigenvalue weighted by molar-refractivity contribution is 7.80. The van der Waals surface area contributed by atoms with Gasteiger partial charge in [-0.2, -0.15) is 17.9 Å². The van der Waals surface area contributed by atoms with Crippen LogP contribution in [0.1, 0.15) is 0 Å². The van der Waals surface area contributed by atoms with Crippen molar-refractivity contribution in [2.24, 2.45) is 5.73 Å². The molecule has 3 heteroatoms. The van der Waals surface area contributed by atoms with Gasteiger partial charge in [0.1, 0.15) is 6.07 Å². The molecule has 0 unspecified atom stereocenters. The summed E-state index contributed by atoms with van der Waals surface area (Å²) >= 11 is 3.92. The summed E-state index contributed by atoms with van der Waals surface area (Å²) in [4.78, 5) is 0. The van der Waals surface area contributed by atoms with E-state index in [-0.39, 0.29) is 0 Å². The number of hydrogen-bond acceptors (Lipinski definition) is 3.